The van der Waals surface area contributed by atoms with Crippen LogP contribution in [0.1, 0.15) is 10.4 Å². The monoisotopic (exact) mass is 362 g/mol. The summed E-state index contributed by atoms with van der Waals surface area (Å²) in [5, 5.41) is 6.36. The molecule has 0 aliphatic rings. The first-order valence-corrected chi connectivity index (χ1v) is 8.02. The van der Waals surface area contributed by atoms with Gasteiger partial charge in [-0.3, -0.25) is 9.48 Å². The van der Waals surface area contributed by atoms with Gasteiger partial charge in [0.1, 0.15) is 6.54 Å². The van der Waals surface area contributed by atoms with Crippen LogP contribution in [0, 0.1) is 0 Å². The van der Waals surface area contributed by atoms with Gasteiger partial charge in [-0.05, 0) is 24.3 Å². The number of alkyl halides is 3. The van der Waals surface area contributed by atoms with Crippen LogP contribution in [-0.2, 0) is 17.1 Å². The van der Waals surface area contributed by atoms with Crippen molar-refractivity contribution in [3.05, 3.63) is 42.2 Å². The molecular weight excluding hydrogens is 349 g/mol. The van der Waals surface area contributed by atoms with E-state index in [1.165, 1.54) is 33.9 Å². The second-order valence-electron chi connectivity index (χ2n) is 4.82. The number of aromatic nitrogens is 2. The van der Waals surface area contributed by atoms with Crippen molar-refractivity contribution in [1.29, 1.82) is 0 Å². The fourth-order valence-electron chi connectivity index (χ4n) is 1.72. The molecule has 0 bridgehead atoms. The maximum Gasteiger partial charge on any atom is 0.402 e. The van der Waals surface area contributed by atoms with Gasteiger partial charge in [0.2, 0.25) is 10.0 Å². The first-order chi connectivity index (χ1) is 11.1. The lowest BCUT2D eigenvalue weighted by atomic mass is 10.3. The SMILES string of the molecule is Cn1cc(C(=O)Nc2ccc(S(=O)(=O)NCC(F)(F)F)cc2)cn1. The van der Waals surface area contributed by atoms with Crippen molar-refractivity contribution in [3.63, 3.8) is 0 Å². The van der Waals surface area contributed by atoms with E-state index >= 15 is 0 Å². The molecule has 2 rings (SSSR count). The number of hydrogen-bond donors (Lipinski definition) is 2. The molecule has 11 heteroatoms. The average Bonchev–Trinajstić information content (AvgIpc) is 2.92. The van der Waals surface area contributed by atoms with Crippen LogP contribution < -0.4 is 10.0 Å². The number of carbonyl (C=O) groups is 1. The van der Waals surface area contributed by atoms with Crippen molar-refractivity contribution < 1.29 is 26.4 Å². The highest BCUT2D eigenvalue weighted by Gasteiger charge is 2.30. The molecule has 130 valence electrons. The van der Waals surface area contributed by atoms with Gasteiger partial charge in [0.25, 0.3) is 5.91 Å². The quantitative estimate of drug-likeness (QED) is 0.843. The van der Waals surface area contributed by atoms with Crippen LogP contribution >= 0.6 is 0 Å². The standard InChI is InChI=1S/C13H13F3N4O3S/c1-20-7-9(6-17-20)12(21)19-10-2-4-11(5-3-10)24(22,23)18-8-13(14,15)16/h2-7,18H,8H2,1H3,(H,19,21). The largest absolute Gasteiger partial charge is 0.402 e. The van der Waals surface area contributed by atoms with E-state index in [9.17, 15) is 26.4 Å². The number of amides is 1. The van der Waals surface area contributed by atoms with E-state index in [4.69, 9.17) is 0 Å². The summed E-state index contributed by atoms with van der Waals surface area (Å²) in [7, 11) is -2.64. The minimum atomic E-state index is -4.65. The van der Waals surface area contributed by atoms with Gasteiger partial charge in [0.05, 0.1) is 16.7 Å². The van der Waals surface area contributed by atoms with Crippen molar-refractivity contribution in [1.82, 2.24) is 14.5 Å². The molecule has 1 amide bonds. The highest BCUT2D eigenvalue weighted by Crippen LogP contribution is 2.17. The summed E-state index contributed by atoms with van der Waals surface area (Å²) < 4.78 is 62.6. The fourth-order valence-corrected chi connectivity index (χ4v) is 2.73. The maximum absolute atomic E-state index is 12.1. The molecule has 0 spiro atoms. The predicted molar refractivity (Wildman–Crippen MR) is 78.8 cm³/mol. The lowest BCUT2D eigenvalue weighted by Crippen LogP contribution is -2.33. The number of hydrogen-bond acceptors (Lipinski definition) is 4. The molecule has 0 unspecified atom stereocenters. The molecule has 24 heavy (non-hydrogen) atoms. The Labute approximate surface area is 135 Å². The van der Waals surface area contributed by atoms with Crippen molar-refractivity contribution in [2.24, 2.45) is 7.05 Å². The molecule has 1 aromatic carbocycles. The number of sulfonamides is 1. The van der Waals surface area contributed by atoms with E-state index in [0.29, 0.717) is 11.3 Å². The number of benzene rings is 1. The van der Waals surface area contributed by atoms with Gasteiger partial charge in [0, 0.05) is 18.9 Å². The number of anilines is 1. The van der Waals surface area contributed by atoms with Crippen molar-refractivity contribution in [3.8, 4) is 0 Å². The van der Waals surface area contributed by atoms with Crippen molar-refractivity contribution in [2.75, 3.05) is 11.9 Å². The highest BCUT2D eigenvalue weighted by molar-refractivity contribution is 7.89. The molecule has 0 aliphatic carbocycles. The van der Waals surface area contributed by atoms with Crippen molar-refractivity contribution >= 4 is 21.6 Å². The summed E-state index contributed by atoms with van der Waals surface area (Å²) in [5.41, 5.74) is 0.597. The zero-order valence-electron chi connectivity index (χ0n) is 12.3. The Morgan fingerprint density at radius 2 is 1.88 bits per heavy atom. The lowest BCUT2D eigenvalue weighted by molar-refractivity contribution is -0.121. The van der Waals surface area contributed by atoms with Gasteiger partial charge in [-0.2, -0.15) is 18.3 Å². The normalized spacial score (nSPS) is 12.2. The summed E-state index contributed by atoms with van der Waals surface area (Å²) in [6, 6.07) is 4.74. The zero-order valence-corrected chi connectivity index (χ0v) is 13.1. The molecule has 2 aromatic rings. The van der Waals surface area contributed by atoms with E-state index in [1.807, 2.05) is 0 Å². The number of nitrogens with one attached hydrogen (secondary N) is 2. The second kappa shape index (κ2) is 6.61. The minimum absolute atomic E-state index is 0.290. The van der Waals surface area contributed by atoms with E-state index in [-0.39, 0.29) is 4.90 Å². The Kier molecular flexibility index (Phi) is 4.94. The molecule has 7 nitrogen and oxygen atoms in total. The Bertz CT molecular complexity index is 829. The molecule has 0 radical (unpaired) electrons. The molecule has 1 heterocycles. The van der Waals surface area contributed by atoms with Gasteiger partial charge in [-0.25, -0.2) is 13.1 Å². The van der Waals surface area contributed by atoms with Crippen molar-refractivity contribution in [2.45, 2.75) is 11.1 Å². The molecule has 0 aliphatic heterocycles. The zero-order chi connectivity index (χ0) is 18.0. The number of rotatable bonds is 5. The van der Waals surface area contributed by atoms with E-state index < -0.39 is 28.7 Å². The Balaban J connectivity index is 2.06. The Morgan fingerprint density at radius 3 is 2.38 bits per heavy atom. The van der Waals surface area contributed by atoms with Crippen LogP contribution in [0.5, 0.6) is 0 Å². The third-order valence-corrected chi connectivity index (χ3v) is 4.27. The summed E-state index contributed by atoms with van der Waals surface area (Å²) in [6.45, 7) is -1.66. The second-order valence-corrected chi connectivity index (χ2v) is 6.59. The predicted octanol–water partition coefficient (Wildman–Crippen LogP) is 1.51. The first-order valence-electron chi connectivity index (χ1n) is 6.53. The molecule has 0 saturated heterocycles. The van der Waals surface area contributed by atoms with E-state index in [0.717, 1.165) is 12.1 Å². The van der Waals surface area contributed by atoms with Gasteiger partial charge in [-0.15, -0.1) is 0 Å². The van der Waals surface area contributed by atoms with Gasteiger partial charge in [-0.1, -0.05) is 0 Å². The molecule has 0 fully saturated rings. The minimum Gasteiger partial charge on any atom is -0.322 e. The van der Waals surface area contributed by atoms with Crippen LogP contribution in [-0.4, -0.2) is 36.8 Å². The number of halogens is 3. The summed E-state index contributed by atoms with van der Waals surface area (Å²) in [4.78, 5) is 11.6. The Hall–Kier alpha value is -2.40. The molecule has 0 saturated carbocycles. The van der Waals surface area contributed by atoms with Gasteiger partial charge in [0.15, 0.2) is 0 Å². The molecule has 2 N–H and O–H groups in total. The Morgan fingerprint density at radius 1 is 1.25 bits per heavy atom. The lowest BCUT2D eigenvalue weighted by Gasteiger charge is -2.10. The summed E-state index contributed by atoms with van der Waals surface area (Å²) in [5.74, 6) is -0.450. The highest BCUT2D eigenvalue weighted by atomic mass is 32.2. The van der Waals surface area contributed by atoms with Gasteiger partial charge < -0.3 is 5.32 Å². The molecule has 0 atom stereocenters. The fraction of sp³-hybridized carbons (Fsp3) is 0.231. The average molecular weight is 362 g/mol. The van der Waals surface area contributed by atoms with E-state index in [2.05, 4.69) is 10.4 Å². The summed E-state index contributed by atoms with van der Waals surface area (Å²) >= 11 is 0. The summed E-state index contributed by atoms with van der Waals surface area (Å²) in [6.07, 6.45) is -1.80. The third-order valence-electron chi connectivity index (χ3n) is 2.85. The van der Waals surface area contributed by atoms with Crippen LogP contribution in [0.25, 0.3) is 0 Å². The van der Waals surface area contributed by atoms with Crippen LogP contribution in [0.2, 0.25) is 0 Å². The van der Waals surface area contributed by atoms with Gasteiger partial charge >= 0.3 is 6.18 Å². The number of carbonyl (C=O) groups excluding carboxylic acids is 1. The molecule has 1 aromatic heterocycles. The van der Waals surface area contributed by atoms with E-state index in [1.54, 1.807) is 7.05 Å². The number of aryl methyl sites for hydroxylation is 1. The van der Waals surface area contributed by atoms with Crippen LogP contribution in [0.3, 0.4) is 0 Å². The first kappa shape index (κ1) is 17.9. The number of nitrogens with zero attached hydrogens (tertiary/aromatic N) is 2. The van der Waals surface area contributed by atoms with Crippen LogP contribution in [0.15, 0.2) is 41.6 Å². The third kappa shape index (κ3) is 4.80. The maximum atomic E-state index is 12.1. The molecular formula is C13H13F3N4O3S. The smallest absolute Gasteiger partial charge is 0.322 e. The topological polar surface area (TPSA) is 93.1 Å². The van der Waals surface area contributed by atoms with Crippen LogP contribution in [0.4, 0.5) is 18.9 Å².